The van der Waals surface area contributed by atoms with Crippen LogP contribution >= 0.6 is 11.3 Å². The van der Waals surface area contributed by atoms with E-state index in [0.717, 1.165) is 26.9 Å². The van der Waals surface area contributed by atoms with Gasteiger partial charge in [0.1, 0.15) is 11.6 Å². The lowest BCUT2D eigenvalue weighted by Gasteiger charge is -2.17. The molecule has 0 spiro atoms. The van der Waals surface area contributed by atoms with Crippen molar-refractivity contribution in [1.29, 1.82) is 0 Å². The lowest BCUT2D eigenvalue weighted by atomic mass is 9.99. The molecule has 1 atom stereocenters. The molecule has 2 aromatic carbocycles. The fourth-order valence-electron chi connectivity index (χ4n) is 3.84. The van der Waals surface area contributed by atoms with Crippen LogP contribution in [0.2, 0.25) is 0 Å². The van der Waals surface area contributed by atoms with Crippen molar-refractivity contribution in [3.05, 3.63) is 91.7 Å². The van der Waals surface area contributed by atoms with Crippen LogP contribution in [0.4, 0.5) is 8.78 Å². The van der Waals surface area contributed by atoms with E-state index in [0.29, 0.717) is 30.8 Å². The zero-order chi connectivity index (χ0) is 22.8. The first-order valence-corrected chi connectivity index (χ1v) is 10.9. The minimum absolute atomic E-state index is 0.170. The number of rotatable bonds is 6. The summed E-state index contributed by atoms with van der Waals surface area (Å²) < 4.78 is 32.9. The molecule has 2 heterocycles. The Labute approximate surface area is 187 Å². The molecule has 1 aliphatic rings. The predicted octanol–water partition coefficient (Wildman–Crippen LogP) is 4.88. The van der Waals surface area contributed by atoms with E-state index in [-0.39, 0.29) is 23.9 Å². The van der Waals surface area contributed by atoms with Gasteiger partial charge in [0.15, 0.2) is 0 Å². The van der Waals surface area contributed by atoms with E-state index in [1.165, 1.54) is 35.6 Å². The molecule has 4 rings (SSSR count). The van der Waals surface area contributed by atoms with E-state index in [9.17, 15) is 18.4 Å². The number of ether oxygens (including phenoxy) is 1. The Kier molecular flexibility index (Phi) is 6.34. The van der Waals surface area contributed by atoms with Crippen molar-refractivity contribution in [2.24, 2.45) is 0 Å². The number of fused-ring (bicyclic) bond motifs is 1. The minimum atomic E-state index is -1.02. The SMILES string of the molecule is CC(NC(=O)c1c(Cc2cc(F)cc(F)c2)sc2c1CCOC2)c1ccc(C(=O)O)cc1. The molecule has 1 aliphatic heterocycles. The Morgan fingerprint density at radius 1 is 1.16 bits per heavy atom. The van der Waals surface area contributed by atoms with Crippen LogP contribution in [-0.2, 0) is 24.2 Å². The summed E-state index contributed by atoms with van der Waals surface area (Å²) >= 11 is 1.43. The fourth-order valence-corrected chi connectivity index (χ4v) is 5.17. The molecule has 166 valence electrons. The van der Waals surface area contributed by atoms with Crippen LogP contribution in [0.25, 0.3) is 0 Å². The number of hydrogen-bond donors (Lipinski definition) is 2. The highest BCUT2D eigenvalue weighted by Crippen LogP contribution is 2.34. The number of thiophene rings is 1. The molecule has 0 saturated heterocycles. The number of amides is 1. The Balaban J connectivity index is 1.61. The van der Waals surface area contributed by atoms with Gasteiger partial charge in [-0.15, -0.1) is 11.3 Å². The largest absolute Gasteiger partial charge is 0.478 e. The van der Waals surface area contributed by atoms with Gasteiger partial charge in [-0.05, 0) is 54.3 Å². The van der Waals surface area contributed by atoms with Crippen LogP contribution in [0, 0.1) is 11.6 Å². The predicted molar refractivity (Wildman–Crippen MR) is 116 cm³/mol. The van der Waals surface area contributed by atoms with Gasteiger partial charge in [-0.25, -0.2) is 13.6 Å². The fraction of sp³-hybridized carbons (Fsp3) is 0.250. The molecule has 1 aromatic heterocycles. The number of aromatic carboxylic acids is 1. The summed E-state index contributed by atoms with van der Waals surface area (Å²) in [6.07, 6.45) is 0.824. The van der Waals surface area contributed by atoms with E-state index in [1.54, 1.807) is 12.1 Å². The second-order valence-corrected chi connectivity index (χ2v) is 8.87. The smallest absolute Gasteiger partial charge is 0.335 e. The van der Waals surface area contributed by atoms with Crippen LogP contribution < -0.4 is 5.32 Å². The summed E-state index contributed by atoms with van der Waals surface area (Å²) in [4.78, 5) is 26.0. The lowest BCUT2D eigenvalue weighted by molar-refractivity contribution is 0.0696. The van der Waals surface area contributed by atoms with Gasteiger partial charge in [0.05, 0.1) is 30.4 Å². The van der Waals surface area contributed by atoms with Crippen molar-refractivity contribution in [3.8, 4) is 0 Å². The van der Waals surface area contributed by atoms with Crippen LogP contribution in [-0.4, -0.2) is 23.6 Å². The molecule has 0 saturated carbocycles. The Hall–Kier alpha value is -3.10. The summed E-state index contributed by atoms with van der Waals surface area (Å²) in [5.74, 6) is -2.60. The number of carbonyl (C=O) groups excluding carboxylic acids is 1. The first-order valence-electron chi connectivity index (χ1n) is 10.1. The number of benzene rings is 2. The first kappa shape index (κ1) is 22.1. The van der Waals surface area contributed by atoms with E-state index < -0.39 is 17.6 Å². The molecule has 8 heteroatoms. The highest BCUT2D eigenvalue weighted by atomic mass is 32.1. The van der Waals surface area contributed by atoms with Crippen molar-refractivity contribution in [2.45, 2.75) is 32.4 Å². The quantitative estimate of drug-likeness (QED) is 0.553. The normalized spacial score (nSPS) is 14.0. The molecule has 2 N–H and O–H groups in total. The van der Waals surface area contributed by atoms with Crippen molar-refractivity contribution >= 4 is 23.2 Å². The number of carboxylic acid groups (broad SMARTS) is 1. The Morgan fingerprint density at radius 3 is 2.50 bits per heavy atom. The van der Waals surface area contributed by atoms with Gasteiger partial charge < -0.3 is 15.2 Å². The first-order chi connectivity index (χ1) is 15.3. The molecule has 0 bridgehead atoms. The standard InChI is InChI=1S/C24H21F2NO4S/c1-13(15-2-4-16(5-3-15)24(29)30)27-23(28)22-19-6-7-31-12-21(19)32-20(22)10-14-8-17(25)11-18(26)9-14/h2-5,8-9,11,13H,6-7,10,12H2,1H3,(H,27,28)(H,29,30). The average molecular weight is 457 g/mol. The molecule has 0 radical (unpaired) electrons. The van der Waals surface area contributed by atoms with Gasteiger partial charge in [-0.1, -0.05) is 12.1 Å². The van der Waals surface area contributed by atoms with Gasteiger partial charge in [0.2, 0.25) is 0 Å². The van der Waals surface area contributed by atoms with E-state index in [4.69, 9.17) is 9.84 Å². The van der Waals surface area contributed by atoms with Gasteiger partial charge >= 0.3 is 5.97 Å². The molecule has 0 aliphatic carbocycles. The maximum absolute atomic E-state index is 13.7. The molecule has 5 nitrogen and oxygen atoms in total. The zero-order valence-corrected chi connectivity index (χ0v) is 18.1. The molecule has 32 heavy (non-hydrogen) atoms. The second kappa shape index (κ2) is 9.18. The summed E-state index contributed by atoms with van der Waals surface area (Å²) in [6, 6.07) is 9.33. The van der Waals surface area contributed by atoms with Crippen LogP contribution in [0.15, 0.2) is 42.5 Å². The third kappa shape index (κ3) is 4.71. The third-order valence-electron chi connectivity index (χ3n) is 5.41. The summed E-state index contributed by atoms with van der Waals surface area (Å²) in [6.45, 7) is 2.73. The van der Waals surface area contributed by atoms with Crippen molar-refractivity contribution in [2.75, 3.05) is 6.61 Å². The maximum atomic E-state index is 13.7. The Morgan fingerprint density at radius 2 is 1.84 bits per heavy atom. The van der Waals surface area contributed by atoms with Crippen molar-refractivity contribution < 1.29 is 28.2 Å². The van der Waals surface area contributed by atoms with Gasteiger partial charge in [0, 0.05) is 22.2 Å². The molecule has 1 unspecified atom stereocenters. The van der Waals surface area contributed by atoms with Gasteiger partial charge in [-0.2, -0.15) is 0 Å². The Bertz CT molecular complexity index is 1150. The summed E-state index contributed by atoms with van der Waals surface area (Å²) in [5, 5.41) is 12.0. The van der Waals surface area contributed by atoms with Crippen molar-refractivity contribution in [3.63, 3.8) is 0 Å². The highest BCUT2D eigenvalue weighted by molar-refractivity contribution is 7.12. The number of carboxylic acids is 1. The topological polar surface area (TPSA) is 75.6 Å². The third-order valence-corrected chi connectivity index (χ3v) is 6.62. The molecule has 3 aromatic rings. The van der Waals surface area contributed by atoms with E-state index in [2.05, 4.69) is 5.32 Å². The molecule has 0 fully saturated rings. The van der Waals surface area contributed by atoms with Crippen LogP contribution in [0.5, 0.6) is 0 Å². The second-order valence-electron chi connectivity index (χ2n) is 7.68. The highest BCUT2D eigenvalue weighted by Gasteiger charge is 2.27. The lowest BCUT2D eigenvalue weighted by Crippen LogP contribution is -2.28. The van der Waals surface area contributed by atoms with Crippen LogP contribution in [0.3, 0.4) is 0 Å². The number of hydrogen-bond acceptors (Lipinski definition) is 4. The monoisotopic (exact) mass is 457 g/mol. The maximum Gasteiger partial charge on any atom is 0.335 e. The van der Waals surface area contributed by atoms with Crippen molar-refractivity contribution in [1.82, 2.24) is 5.32 Å². The molecular weight excluding hydrogens is 436 g/mol. The minimum Gasteiger partial charge on any atom is -0.478 e. The average Bonchev–Trinajstić information content (AvgIpc) is 3.10. The molecule has 1 amide bonds. The van der Waals surface area contributed by atoms with E-state index in [1.807, 2.05) is 6.92 Å². The summed E-state index contributed by atoms with van der Waals surface area (Å²) in [5.41, 5.74) is 2.84. The molecular formula is C24H21F2NO4S. The van der Waals surface area contributed by atoms with Gasteiger partial charge in [0.25, 0.3) is 5.91 Å². The summed E-state index contributed by atoms with van der Waals surface area (Å²) in [7, 11) is 0. The number of nitrogens with one attached hydrogen (secondary N) is 1. The zero-order valence-electron chi connectivity index (χ0n) is 17.3. The van der Waals surface area contributed by atoms with Crippen LogP contribution in [0.1, 0.15) is 60.1 Å². The van der Waals surface area contributed by atoms with Gasteiger partial charge in [-0.3, -0.25) is 4.79 Å². The number of carbonyl (C=O) groups is 2. The van der Waals surface area contributed by atoms with E-state index >= 15 is 0 Å². The number of halogens is 2.